The molecule has 1 N–H and O–H groups in total. The van der Waals surface area contributed by atoms with E-state index >= 15 is 0 Å². The molecular weight excluding hydrogens is 400 g/mol. The minimum atomic E-state index is -0.521. The van der Waals surface area contributed by atoms with Crippen LogP contribution in [0, 0.1) is 5.92 Å². The van der Waals surface area contributed by atoms with Gasteiger partial charge in [-0.1, -0.05) is 43.6 Å². The van der Waals surface area contributed by atoms with Gasteiger partial charge in [0.25, 0.3) is 5.91 Å². The van der Waals surface area contributed by atoms with E-state index in [1.165, 1.54) is 0 Å². The van der Waals surface area contributed by atoms with Crippen LogP contribution in [0.25, 0.3) is 0 Å². The molecule has 0 spiro atoms. The van der Waals surface area contributed by atoms with Gasteiger partial charge in [0.1, 0.15) is 11.4 Å². The zero-order chi connectivity index (χ0) is 19.6. The van der Waals surface area contributed by atoms with Crippen molar-refractivity contribution >= 4 is 46.5 Å². The summed E-state index contributed by atoms with van der Waals surface area (Å²) in [6.07, 6.45) is 0. The van der Waals surface area contributed by atoms with Crippen LogP contribution in [0.2, 0.25) is 5.02 Å². The van der Waals surface area contributed by atoms with Crippen molar-refractivity contribution in [3.8, 4) is 0 Å². The van der Waals surface area contributed by atoms with Crippen molar-refractivity contribution in [1.82, 2.24) is 10.2 Å². The molecule has 0 unspecified atom stereocenters. The number of thioether (sulfide) groups is 1. The van der Waals surface area contributed by atoms with Gasteiger partial charge >= 0.3 is 0 Å². The van der Waals surface area contributed by atoms with Crippen molar-refractivity contribution in [2.24, 2.45) is 5.92 Å². The van der Waals surface area contributed by atoms with E-state index in [1.807, 2.05) is 24.4 Å². The van der Waals surface area contributed by atoms with Crippen LogP contribution < -0.4 is 5.32 Å². The highest BCUT2D eigenvalue weighted by Gasteiger charge is 2.43. The number of thiophene rings is 1. The second-order valence-corrected chi connectivity index (χ2v) is 9.45. The molecule has 3 atom stereocenters. The van der Waals surface area contributed by atoms with Gasteiger partial charge in [-0.3, -0.25) is 9.59 Å². The first-order chi connectivity index (χ1) is 12.9. The Bertz CT molecular complexity index is 810. The zero-order valence-corrected chi connectivity index (χ0v) is 17.9. The summed E-state index contributed by atoms with van der Waals surface area (Å²) in [5.41, 5.74) is 0.429. The number of carbonyl (C=O) groups is 2. The summed E-state index contributed by atoms with van der Waals surface area (Å²) >= 11 is 9.49. The summed E-state index contributed by atoms with van der Waals surface area (Å²) in [6.45, 7) is 6.12. The number of hydrogen-bond donors (Lipinski definition) is 1. The molecule has 0 bridgehead atoms. The molecule has 2 heterocycles. The summed E-state index contributed by atoms with van der Waals surface area (Å²) in [4.78, 5) is 29.1. The quantitative estimate of drug-likeness (QED) is 0.751. The van der Waals surface area contributed by atoms with Crippen LogP contribution in [-0.2, 0) is 4.79 Å². The number of nitrogens with zero attached hydrogens (tertiary/aromatic N) is 1. The maximum absolute atomic E-state index is 13.4. The second-order valence-electron chi connectivity index (χ2n) is 6.95. The SMILES string of the molecule is CC(C)[C@@H](C)NC(=O)[C@@H]1CS[C@H](c2cccs2)N1C(=O)c1ccccc1Cl. The monoisotopic (exact) mass is 422 g/mol. The molecule has 1 fully saturated rings. The minimum absolute atomic E-state index is 0.0422. The number of benzene rings is 1. The molecule has 144 valence electrons. The van der Waals surface area contributed by atoms with Crippen LogP contribution >= 0.6 is 34.7 Å². The normalized spacial score (nSPS) is 20.7. The largest absolute Gasteiger partial charge is 0.352 e. The molecule has 0 saturated carbocycles. The third kappa shape index (κ3) is 4.33. The van der Waals surface area contributed by atoms with E-state index in [1.54, 1.807) is 52.3 Å². The van der Waals surface area contributed by atoms with Gasteiger partial charge < -0.3 is 10.2 Å². The van der Waals surface area contributed by atoms with Crippen LogP contribution in [0.5, 0.6) is 0 Å². The summed E-state index contributed by atoms with van der Waals surface area (Å²) in [6, 6.07) is 10.5. The Morgan fingerprint density at radius 1 is 1.19 bits per heavy atom. The zero-order valence-electron chi connectivity index (χ0n) is 15.5. The Hall–Kier alpha value is -1.50. The standard InChI is InChI=1S/C20H23ClN2O2S2/c1-12(2)13(3)22-18(24)16-11-27-20(17-9-6-10-26-17)23(16)19(25)14-7-4-5-8-15(14)21/h4-10,12-13,16,20H,11H2,1-3H3,(H,22,24)/t13-,16+,20-/m1/s1. The predicted octanol–water partition coefficient (Wildman–Crippen LogP) is 4.82. The Morgan fingerprint density at radius 3 is 2.56 bits per heavy atom. The molecule has 4 nitrogen and oxygen atoms in total. The van der Waals surface area contributed by atoms with Gasteiger partial charge in [0.2, 0.25) is 5.91 Å². The third-order valence-corrected chi connectivity index (χ3v) is 7.51. The fraction of sp³-hybridized carbons (Fsp3) is 0.400. The molecule has 0 radical (unpaired) electrons. The minimum Gasteiger partial charge on any atom is -0.352 e. The van der Waals surface area contributed by atoms with E-state index in [-0.39, 0.29) is 23.2 Å². The van der Waals surface area contributed by atoms with Crippen LogP contribution in [-0.4, -0.2) is 34.6 Å². The lowest BCUT2D eigenvalue weighted by molar-refractivity contribution is -0.125. The summed E-state index contributed by atoms with van der Waals surface area (Å²) < 4.78 is 0. The smallest absolute Gasteiger partial charge is 0.257 e. The Morgan fingerprint density at radius 2 is 1.93 bits per heavy atom. The van der Waals surface area contributed by atoms with Gasteiger partial charge in [0, 0.05) is 16.7 Å². The number of nitrogens with one attached hydrogen (secondary N) is 1. The first-order valence-corrected chi connectivity index (χ1v) is 11.2. The van der Waals surface area contributed by atoms with Gasteiger partial charge in [0.05, 0.1) is 10.6 Å². The molecule has 0 aliphatic carbocycles. The van der Waals surface area contributed by atoms with E-state index in [2.05, 4.69) is 19.2 Å². The number of halogens is 1. The summed E-state index contributed by atoms with van der Waals surface area (Å²) in [7, 11) is 0. The van der Waals surface area contributed by atoms with Crippen LogP contribution in [0.15, 0.2) is 41.8 Å². The highest BCUT2D eigenvalue weighted by molar-refractivity contribution is 7.99. The average Bonchev–Trinajstić information content (AvgIpc) is 3.30. The van der Waals surface area contributed by atoms with Gasteiger partial charge in [-0.2, -0.15) is 0 Å². The van der Waals surface area contributed by atoms with E-state index in [0.717, 1.165) is 4.88 Å². The first kappa shape index (κ1) is 20.2. The van der Waals surface area contributed by atoms with E-state index in [9.17, 15) is 9.59 Å². The Kier molecular flexibility index (Phi) is 6.50. The lowest BCUT2D eigenvalue weighted by Gasteiger charge is -2.30. The molecule has 1 saturated heterocycles. The number of rotatable bonds is 5. The summed E-state index contributed by atoms with van der Waals surface area (Å²) in [5.74, 6) is 0.573. The highest BCUT2D eigenvalue weighted by atomic mass is 35.5. The first-order valence-electron chi connectivity index (χ1n) is 8.92. The molecule has 7 heteroatoms. The number of amides is 2. The fourth-order valence-corrected chi connectivity index (χ4v) is 5.48. The van der Waals surface area contributed by atoms with Gasteiger partial charge in [0.15, 0.2) is 0 Å². The highest BCUT2D eigenvalue weighted by Crippen LogP contribution is 2.44. The lowest BCUT2D eigenvalue weighted by Crippen LogP contribution is -2.50. The topological polar surface area (TPSA) is 49.4 Å². The molecule has 1 aromatic heterocycles. The number of hydrogen-bond acceptors (Lipinski definition) is 4. The molecule has 3 rings (SSSR count). The molecule has 2 aromatic rings. The molecule has 1 aromatic carbocycles. The van der Waals surface area contributed by atoms with E-state index < -0.39 is 6.04 Å². The third-order valence-electron chi connectivity index (χ3n) is 4.80. The molecular formula is C20H23ClN2O2S2. The molecule has 1 aliphatic heterocycles. The van der Waals surface area contributed by atoms with Crippen LogP contribution in [0.1, 0.15) is 41.4 Å². The maximum atomic E-state index is 13.4. The average molecular weight is 423 g/mol. The van der Waals surface area contributed by atoms with Crippen LogP contribution in [0.3, 0.4) is 0 Å². The Balaban J connectivity index is 1.92. The second kappa shape index (κ2) is 8.67. The predicted molar refractivity (Wildman–Crippen MR) is 113 cm³/mol. The van der Waals surface area contributed by atoms with Gasteiger partial charge in [-0.15, -0.1) is 23.1 Å². The van der Waals surface area contributed by atoms with Crippen molar-refractivity contribution in [2.75, 3.05) is 5.75 Å². The van der Waals surface area contributed by atoms with Crippen molar-refractivity contribution in [2.45, 2.75) is 38.2 Å². The van der Waals surface area contributed by atoms with E-state index in [4.69, 9.17) is 11.6 Å². The fourth-order valence-electron chi connectivity index (χ4n) is 2.87. The van der Waals surface area contributed by atoms with Gasteiger partial charge in [-0.05, 0) is 36.4 Å². The van der Waals surface area contributed by atoms with E-state index in [0.29, 0.717) is 22.3 Å². The van der Waals surface area contributed by atoms with Crippen molar-refractivity contribution < 1.29 is 9.59 Å². The van der Waals surface area contributed by atoms with Crippen molar-refractivity contribution in [1.29, 1.82) is 0 Å². The van der Waals surface area contributed by atoms with Gasteiger partial charge in [-0.25, -0.2) is 0 Å². The lowest BCUT2D eigenvalue weighted by atomic mass is 10.1. The maximum Gasteiger partial charge on any atom is 0.257 e. The number of carbonyl (C=O) groups excluding carboxylic acids is 2. The summed E-state index contributed by atoms with van der Waals surface area (Å²) in [5, 5.41) is 5.27. The van der Waals surface area contributed by atoms with Crippen molar-refractivity contribution in [3.05, 3.63) is 57.2 Å². The van der Waals surface area contributed by atoms with Crippen molar-refractivity contribution in [3.63, 3.8) is 0 Å². The molecule has 27 heavy (non-hydrogen) atoms. The molecule has 2 amide bonds. The molecule has 1 aliphatic rings. The van der Waals surface area contributed by atoms with Crippen LogP contribution in [0.4, 0.5) is 0 Å². The Labute approximate surface area is 173 Å².